The standard InChI is InChI=1S/C16H24N4O/c1-10-7-16-17-8-14(12(3)20(16)19-10)11(2)18-15-6-4-5-13(15)9-21/h7-8,11,13,15,18,21H,4-6,9H2,1-3H3. The number of aliphatic hydroxyl groups is 1. The van der Waals surface area contributed by atoms with Crippen molar-refractivity contribution < 1.29 is 5.11 Å². The quantitative estimate of drug-likeness (QED) is 0.905. The zero-order chi connectivity index (χ0) is 15.0. The molecule has 21 heavy (non-hydrogen) atoms. The molecule has 2 aromatic heterocycles. The van der Waals surface area contributed by atoms with Gasteiger partial charge in [-0.1, -0.05) is 6.42 Å². The lowest BCUT2D eigenvalue weighted by atomic mass is 10.0. The molecule has 0 saturated heterocycles. The summed E-state index contributed by atoms with van der Waals surface area (Å²) >= 11 is 0. The molecule has 0 radical (unpaired) electrons. The molecule has 0 aromatic carbocycles. The number of fused-ring (bicyclic) bond motifs is 1. The second-order valence-electron chi connectivity index (χ2n) is 6.22. The fraction of sp³-hybridized carbons (Fsp3) is 0.625. The Morgan fingerprint density at radius 2 is 2.24 bits per heavy atom. The molecule has 2 aromatic rings. The van der Waals surface area contributed by atoms with E-state index in [4.69, 9.17) is 0 Å². The Hall–Kier alpha value is -1.46. The first-order chi connectivity index (χ1) is 10.1. The molecule has 0 bridgehead atoms. The summed E-state index contributed by atoms with van der Waals surface area (Å²) in [6.07, 6.45) is 5.41. The summed E-state index contributed by atoms with van der Waals surface area (Å²) in [5, 5.41) is 17.6. The van der Waals surface area contributed by atoms with E-state index in [-0.39, 0.29) is 12.6 Å². The Kier molecular flexibility index (Phi) is 3.95. The van der Waals surface area contributed by atoms with E-state index in [9.17, 15) is 5.11 Å². The van der Waals surface area contributed by atoms with Crippen molar-refractivity contribution >= 4 is 5.65 Å². The van der Waals surface area contributed by atoms with E-state index in [0.29, 0.717) is 12.0 Å². The van der Waals surface area contributed by atoms with Gasteiger partial charge < -0.3 is 10.4 Å². The predicted octanol–water partition coefficient (Wildman–Crippen LogP) is 2.16. The summed E-state index contributed by atoms with van der Waals surface area (Å²) in [5.74, 6) is 0.386. The van der Waals surface area contributed by atoms with Crippen molar-refractivity contribution in [1.29, 1.82) is 0 Å². The van der Waals surface area contributed by atoms with Gasteiger partial charge in [0.1, 0.15) is 0 Å². The highest BCUT2D eigenvalue weighted by Gasteiger charge is 2.28. The van der Waals surface area contributed by atoms with Crippen LogP contribution < -0.4 is 5.32 Å². The third-order valence-electron chi connectivity index (χ3n) is 4.71. The molecule has 1 saturated carbocycles. The maximum Gasteiger partial charge on any atom is 0.155 e. The van der Waals surface area contributed by atoms with Crippen LogP contribution in [0.5, 0.6) is 0 Å². The Morgan fingerprint density at radius 3 is 3.00 bits per heavy atom. The SMILES string of the molecule is Cc1cc2ncc(C(C)NC3CCCC3CO)c(C)n2n1. The topological polar surface area (TPSA) is 62.5 Å². The summed E-state index contributed by atoms with van der Waals surface area (Å²) in [7, 11) is 0. The summed E-state index contributed by atoms with van der Waals surface area (Å²) in [4.78, 5) is 4.51. The van der Waals surface area contributed by atoms with Crippen molar-refractivity contribution in [3.8, 4) is 0 Å². The second kappa shape index (κ2) is 5.73. The normalized spacial score (nSPS) is 23.8. The highest BCUT2D eigenvalue weighted by molar-refractivity contribution is 5.42. The van der Waals surface area contributed by atoms with Crippen LogP contribution >= 0.6 is 0 Å². The van der Waals surface area contributed by atoms with Crippen LogP contribution in [0.1, 0.15) is 49.2 Å². The molecule has 1 aliphatic carbocycles. The van der Waals surface area contributed by atoms with E-state index in [2.05, 4.69) is 29.2 Å². The van der Waals surface area contributed by atoms with Crippen LogP contribution in [-0.4, -0.2) is 32.4 Å². The van der Waals surface area contributed by atoms with Crippen LogP contribution in [0.15, 0.2) is 12.3 Å². The summed E-state index contributed by atoms with van der Waals surface area (Å²) in [6.45, 7) is 6.52. The van der Waals surface area contributed by atoms with Gasteiger partial charge in [0, 0.05) is 42.2 Å². The van der Waals surface area contributed by atoms with E-state index < -0.39 is 0 Å². The Labute approximate surface area is 125 Å². The zero-order valence-corrected chi connectivity index (χ0v) is 13.0. The fourth-order valence-electron chi connectivity index (χ4n) is 3.49. The van der Waals surface area contributed by atoms with E-state index in [1.165, 1.54) is 12.0 Å². The minimum Gasteiger partial charge on any atom is -0.396 e. The lowest BCUT2D eigenvalue weighted by Gasteiger charge is -2.25. The van der Waals surface area contributed by atoms with Gasteiger partial charge in [-0.15, -0.1) is 0 Å². The molecule has 0 spiro atoms. The first kappa shape index (κ1) is 14.5. The largest absolute Gasteiger partial charge is 0.396 e. The lowest BCUT2D eigenvalue weighted by molar-refractivity contribution is 0.200. The molecule has 1 aliphatic rings. The zero-order valence-electron chi connectivity index (χ0n) is 13.0. The molecule has 2 heterocycles. The van der Waals surface area contributed by atoms with Crippen molar-refractivity contribution in [2.24, 2.45) is 5.92 Å². The number of rotatable bonds is 4. The monoisotopic (exact) mass is 288 g/mol. The van der Waals surface area contributed by atoms with Crippen LogP contribution in [0.25, 0.3) is 5.65 Å². The molecule has 2 N–H and O–H groups in total. The summed E-state index contributed by atoms with van der Waals surface area (Å²) in [6, 6.07) is 2.61. The maximum absolute atomic E-state index is 9.45. The molecule has 1 fully saturated rings. The molecule has 114 valence electrons. The maximum atomic E-state index is 9.45. The average molecular weight is 288 g/mol. The second-order valence-corrected chi connectivity index (χ2v) is 6.22. The van der Waals surface area contributed by atoms with Crippen molar-refractivity contribution in [2.45, 2.75) is 52.1 Å². The van der Waals surface area contributed by atoms with E-state index in [1.807, 2.05) is 23.7 Å². The highest BCUT2D eigenvalue weighted by Crippen LogP contribution is 2.28. The van der Waals surface area contributed by atoms with Crippen molar-refractivity contribution in [3.63, 3.8) is 0 Å². The third-order valence-corrected chi connectivity index (χ3v) is 4.71. The minimum atomic E-state index is 0.212. The van der Waals surface area contributed by atoms with E-state index in [0.717, 1.165) is 29.9 Å². The summed E-state index contributed by atoms with van der Waals surface area (Å²) in [5.41, 5.74) is 4.19. The van der Waals surface area contributed by atoms with Crippen LogP contribution in [0.3, 0.4) is 0 Å². The Morgan fingerprint density at radius 1 is 1.43 bits per heavy atom. The van der Waals surface area contributed by atoms with Gasteiger partial charge in [-0.05, 0) is 39.5 Å². The highest BCUT2D eigenvalue weighted by atomic mass is 16.3. The number of aliphatic hydroxyl groups excluding tert-OH is 1. The van der Waals surface area contributed by atoms with Crippen molar-refractivity contribution in [2.75, 3.05) is 6.61 Å². The van der Waals surface area contributed by atoms with Crippen molar-refractivity contribution in [3.05, 3.63) is 29.2 Å². The van der Waals surface area contributed by atoms with Gasteiger partial charge in [0.25, 0.3) is 0 Å². The predicted molar refractivity (Wildman–Crippen MR) is 82.2 cm³/mol. The number of hydrogen-bond donors (Lipinski definition) is 2. The first-order valence-corrected chi connectivity index (χ1v) is 7.79. The molecule has 3 unspecified atom stereocenters. The molecule has 5 nitrogen and oxygen atoms in total. The molecule has 3 rings (SSSR count). The minimum absolute atomic E-state index is 0.212. The van der Waals surface area contributed by atoms with Crippen LogP contribution in [-0.2, 0) is 0 Å². The third kappa shape index (κ3) is 2.68. The van der Waals surface area contributed by atoms with Gasteiger partial charge in [-0.25, -0.2) is 9.50 Å². The van der Waals surface area contributed by atoms with Gasteiger partial charge >= 0.3 is 0 Å². The molecule has 0 aliphatic heterocycles. The lowest BCUT2D eigenvalue weighted by Crippen LogP contribution is -2.36. The van der Waals surface area contributed by atoms with Gasteiger partial charge in [-0.2, -0.15) is 5.10 Å². The van der Waals surface area contributed by atoms with Gasteiger partial charge in [0.05, 0.1) is 5.69 Å². The number of nitrogens with zero attached hydrogens (tertiary/aromatic N) is 3. The number of aryl methyl sites for hydroxylation is 2. The molecule has 5 heteroatoms. The van der Waals surface area contributed by atoms with Crippen molar-refractivity contribution in [1.82, 2.24) is 19.9 Å². The van der Waals surface area contributed by atoms with E-state index >= 15 is 0 Å². The average Bonchev–Trinajstić information content (AvgIpc) is 3.04. The molecule has 3 atom stereocenters. The van der Waals surface area contributed by atoms with Gasteiger partial charge in [0.2, 0.25) is 0 Å². The number of aromatic nitrogens is 3. The van der Waals surface area contributed by atoms with Crippen LogP contribution in [0, 0.1) is 19.8 Å². The van der Waals surface area contributed by atoms with E-state index in [1.54, 1.807) is 0 Å². The number of hydrogen-bond acceptors (Lipinski definition) is 4. The molecular formula is C16H24N4O. The number of nitrogens with one attached hydrogen (secondary N) is 1. The smallest absolute Gasteiger partial charge is 0.155 e. The summed E-state index contributed by atoms with van der Waals surface area (Å²) < 4.78 is 1.92. The van der Waals surface area contributed by atoms with Gasteiger partial charge in [0.15, 0.2) is 5.65 Å². The van der Waals surface area contributed by atoms with Crippen LogP contribution in [0.2, 0.25) is 0 Å². The Balaban J connectivity index is 1.84. The van der Waals surface area contributed by atoms with Gasteiger partial charge in [-0.3, -0.25) is 0 Å². The van der Waals surface area contributed by atoms with Crippen LogP contribution in [0.4, 0.5) is 0 Å². The fourth-order valence-corrected chi connectivity index (χ4v) is 3.49. The molecular weight excluding hydrogens is 264 g/mol. The molecule has 0 amide bonds. The first-order valence-electron chi connectivity index (χ1n) is 7.79. The Bertz CT molecular complexity index is 636.